The highest BCUT2D eigenvalue weighted by Crippen LogP contribution is 2.28. The highest BCUT2D eigenvalue weighted by Gasteiger charge is 2.06. The molecule has 1 aromatic carbocycles. The summed E-state index contributed by atoms with van der Waals surface area (Å²) in [5.41, 5.74) is 1.01. The highest BCUT2D eigenvalue weighted by molar-refractivity contribution is 7.09. The molecule has 0 bridgehead atoms. The third-order valence-corrected chi connectivity index (χ3v) is 4.19. The number of nitrogens with zero attached hydrogens (tertiary/aromatic N) is 1. The molecule has 0 spiro atoms. The standard InChI is InChI=1S/C19H23N3O2S/c1-4-10-24-18-12-15(8-9-17(18)23-3)13-21-19(20-5-2)22-14-16-7-6-11-25-16/h1,6-9,11-12H,5,10,13-14H2,2-3H3,(H2,20,21,22). The molecule has 2 rings (SSSR count). The Morgan fingerprint density at radius 2 is 2.16 bits per heavy atom. The van der Waals surface area contributed by atoms with Crippen molar-refractivity contribution in [1.82, 2.24) is 10.6 Å². The SMILES string of the molecule is C#CCOc1cc(CN=C(NCC)NCc2cccs2)ccc1OC. The summed E-state index contributed by atoms with van der Waals surface area (Å²) < 4.78 is 10.8. The first-order chi connectivity index (χ1) is 12.3. The van der Waals surface area contributed by atoms with Crippen molar-refractivity contribution < 1.29 is 9.47 Å². The van der Waals surface area contributed by atoms with Crippen LogP contribution in [0.1, 0.15) is 17.4 Å². The molecule has 5 nitrogen and oxygen atoms in total. The van der Waals surface area contributed by atoms with E-state index in [-0.39, 0.29) is 6.61 Å². The number of hydrogen-bond acceptors (Lipinski definition) is 4. The van der Waals surface area contributed by atoms with Crippen molar-refractivity contribution in [3.8, 4) is 23.8 Å². The quantitative estimate of drug-likeness (QED) is 0.433. The van der Waals surface area contributed by atoms with Crippen LogP contribution in [0, 0.1) is 12.3 Å². The monoisotopic (exact) mass is 357 g/mol. The summed E-state index contributed by atoms with van der Waals surface area (Å²) in [7, 11) is 1.60. The number of aliphatic imine (C=N–C) groups is 1. The van der Waals surface area contributed by atoms with Gasteiger partial charge >= 0.3 is 0 Å². The topological polar surface area (TPSA) is 54.9 Å². The lowest BCUT2D eigenvalue weighted by Gasteiger charge is -2.12. The van der Waals surface area contributed by atoms with Crippen molar-refractivity contribution in [2.24, 2.45) is 4.99 Å². The number of benzene rings is 1. The molecule has 1 heterocycles. The maximum Gasteiger partial charge on any atom is 0.191 e. The van der Waals surface area contributed by atoms with Gasteiger partial charge in [-0.1, -0.05) is 18.1 Å². The molecule has 0 aliphatic heterocycles. The smallest absolute Gasteiger partial charge is 0.191 e. The van der Waals surface area contributed by atoms with Crippen LogP contribution in [0.5, 0.6) is 11.5 Å². The Kier molecular flexibility index (Phi) is 7.67. The Labute approximate surface area is 153 Å². The van der Waals surface area contributed by atoms with Crippen molar-refractivity contribution in [2.75, 3.05) is 20.3 Å². The molecule has 0 saturated carbocycles. The second-order valence-corrected chi connectivity index (χ2v) is 6.14. The van der Waals surface area contributed by atoms with Gasteiger partial charge in [0.15, 0.2) is 17.5 Å². The van der Waals surface area contributed by atoms with Crippen LogP contribution in [0.25, 0.3) is 0 Å². The fraction of sp³-hybridized carbons (Fsp3) is 0.316. The highest BCUT2D eigenvalue weighted by atomic mass is 32.1. The Balaban J connectivity index is 2.04. The molecule has 0 aliphatic carbocycles. The molecule has 132 valence electrons. The van der Waals surface area contributed by atoms with Gasteiger partial charge in [-0.25, -0.2) is 4.99 Å². The van der Waals surface area contributed by atoms with Crippen molar-refractivity contribution in [2.45, 2.75) is 20.0 Å². The van der Waals surface area contributed by atoms with Crippen molar-refractivity contribution >= 4 is 17.3 Å². The molecule has 6 heteroatoms. The number of methoxy groups -OCH3 is 1. The molecule has 0 amide bonds. The summed E-state index contributed by atoms with van der Waals surface area (Å²) in [6.45, 7) is 4.32. The fourth-order valence-corrected chi connectivity index (χ4v) is 2.79. The molecular formula is C19H23N3O2S. The fourth-order valence-electron chi connectivity index (χ4n) is 2.15. The van der Waals surface area contributed by atoms with Crippen LogP contribution in [0.15, 0.2) is 40.7 Å². The first-order valence-electron chi connectivity index (χ1n) is 8.04. The summed E-state index contributed by atoms with van der Waals surface area (Å²) in [5.74, 6) is 4.52. The molecule has 0 saturated heterocycles. The average Bonchev–Trinajstić information content (AvgIpc) is 3.16. The normalized spacial score (nSPS) is 10.8. The van der Waals surface area contributed by atoms with E-state index in [1.165, 1.54) is 4.88 Å². The second-order valence-electron chi connectivity index (χ2n) is 5.11. The average molecular weight is 357 g/mol. The predicted octanol–water partition coefficient (Wildman–Crippen LogP) is 3.02. The van der Waals surface area contributed by atoms with Crippen molar-refractivity contribution in [3.05, 3.63) is 46.2 Å². The van der Waals surface area contributed by atoms with E-state index in [4.69, 9.17) is 15.9 Å². The van der Waals surface area contributed by atoms with Crippen LogP contribution >= 0.6 is 11.3 Å². The summed E-state index contributed by atoms with van der Waals surface area (Å²) in [6.07, 6.45) is 5.26. The van der Waals surface area contributed by atoms with E-state index in [0.29, 0.717) is 18.0 Å². The Hall–Kier alpha value is -2.65. The van der Waals surface area contributed by atoms with E-state index in [2.05, 4.69) is 33.0 Å². The van der Waals surface area contributed by atoms with Crippen LogP contribution < -0.4 is 20.1 Å². The number of hydrogen-bond donors (Lipinski definition) is 2. The molecule has 2 aromatic rings. The van der Waals surface area contributed by atoms with Gasteiger partial charge in [-0.3, -0.25) is 0 Å². The van der Waals surface area contributed by atoms with E-state index in [9.17, 15) is 0 Å². The zero-order chi connectivity index (χ0) is 17.9. The van der Waals surface area contributed by atoms with Crippen LogP contribution in [0.2, 0.25) is 0 Å². The van der Waals surface area contributed by atoms with E-state index in [1.807, 2.05) is 31.2 Å². The Bertz CT molecular complexity index is 721. The largest absolute Gasteiger partial charge is 0.493 e. The van der Waals surface area contributed by atoms with E-state index in [0.717, 1.165) is 24.6 Å². The third kappa shape index (κ3) is 6.05. The minimum Gasteiger partial charge on any atom is -0.493 e. The van der Waals surface area contributed by atoms with Gasteiger partial charge in [0.05, 0.1) is 20.2 Å². The van der Waals surface area contributed by atoms with Crippen molar-refractivity contribution in [3.63, 3.8) is 0 Å². The van der Waals surface area contributed by atoms with Gasteiger partial charge in [0.2, 0.25) is 0 Å². The van der Waals surface area contributed by atoms with E-state index in [1.54, 1.807) is 18.4 Å². The van der Waals surface area contributed by atoms with Crippen LogP contribution in [0.3, 0.4) is 0 Å². The maximum absolute atomic E-state index is 5.53. The summed E-state index contributed by atoms with van der Waals surface area (Å²) in [6, 6.07) is 9.87. The number of rotatable bonds is 8. The number of thiophene rings is 1. The van der Waals surface area contributed by atoms with Crippen LogP contribution in [-0.4, -0.2) is 26.2 Å². The number of terminal acetylenes is 1. The van der Waals surface area contributed by atoms with Gasteiger partial charge in [0.1, 0.15) is 6.61 Å². The van der Waals surface area contributed by atoms with Gasteiger partial charge in [0.25, 0.3) is 0 Å². The summed E-state index contributed by atoms with van der Waals surface area (Å²) in [5, 5.41) is 8.65. The molecule has 0 aliphatic rings. The molecule has 25 heavy (non-hydrogen) atoms. The van der Waals surface area contributed by atoms with E-state index < -0.39 is 0 Å². The molecule has 0 radical (unpaired) electrons. The number of guanidine groups is 1. The molecule has 0 fully saturated rings. The zero-order valence-corrected chi connectivity index (χ0v) is 15.4. The molecule has 0 unspecified atom stereocenters. The molecule has 2 N–H and O–H groups in total. The van der Waals surface area contributed by atoms with Gasteiger partial charge in [-0.05, 0) is 36.1 Å². The lowest BCUT2D eigenvalue weighted by atomic mass is 10.2. The molecule has 1 aromatic heterocycles. The van der Waals surface area contributed by atoms with Crippen molar-refractivity contribution in [1.29, 1.82) is 0 Å². The minimum atomic E-state index is 0.202. The lowest BCUT2D eigenvalue weighted by Crippen LogP contribution is -2.36. The first kappa shape index (κ1) is 18.7. The minimum absolute atomic E-state index is 0.202. The Morgan fingerprint density at radius 3 is 2.84 bits per heavy atom. The number of nitrogens with one attached hydrogen (secondary N) is 2. The number of ether oxygens (including phenoxy) is 2. The van der Waals surface area contributed by atoms with Gasteiger partial charge < -0.3 is 20.1 Å². The third-order valence-electron chi connectivity index (χ3n) is 3.31. The van der Waals surface area contributed by atoms with E-state index >= 15 is 0 Å². The van der Waals surface area contributed by atoms with Gasteiger partial charge in [-0.2, -0.15) is 0 Å². The first-order valence-corrected chi connectivity index (χ1v) is 8.92. The van der Waals surface area contributed by atoms with Crippen LogP contribution in [-0.2, 0) is 13.1 Å². The van der Waals surface area contributed by atoms with Gasteiger partial charge in [-0.15, -0.1) is 17.8 Å². The molecular weight excluding hydrogens is 334 g/mol. The second kappa shape index (κ2) is 10.3. The predicted molar refractivity (Wildman–Crippen MR) is 103 cm³/mol. The van der Waals surface area contributed by atoms with Crippen LogP contribution in [0.4, 0.5) is 0 Å². The Morgan fingerprint density at radius 1 is 1.28 bits per heavy atom. The molecule has 0 atom stereocenters. The summed E-state index contributed by atoms with van der Waals surface area (Å²) >= 11 is 1.72. The lowest BCUT2D eigenvalue weighted by molar-refractivity contribution is 0.330. The maximum atomic E-state index is 5.53. The summed E-state index contributed by atoms with van der Waals surface area (Å²) in [4.78, 5) is 5.89. The van der Waals surface area contributed by atoms with Gasteiger partial charge in [0, 0.05) is 11.4 Å². The zero-order valence-electron chi connectivity index (χ0n) is 14.5.